The van der Waals surface area contributed by atoms with Gasteiger partial charge in [-0.1, -0.05) is 35.3 Å². The summed E-state index contributed by atoms with van der Waals surface area (Å²) in [5, 5.41) is 0.421. The number of hydrogen-bond acceptors (Lipinski definition) is 4. The molecule has 0 atom stereocenters. The Hall–Kier alpha value is -1.43. The zero-order valence-corrected chi connectivity index (χ0v) is 12.5. The summed E-state index contributed by atoms with van der Waals surface area (Å²) in [5.74, 6) is 0.102. The van der Waals surface area contributed by atoms with E-state index in [1.807, 2.05) is 4.90 Å². The number of halogens is 3. The number of benzene rings is 1. The van der Waals surface area contributed by atoms with Crippen LogP contribution in [-0.4, -0.2) is 36.3 Å². The van der Waals surface area contributed by atoms with Crippen molar-refractivity contribution in [1.82, 2.24) is 9.97 Å². The molecule has 110 valence electrons. The second kappa shape index (κ2) is 6.13. The normalized spacial score (nSPS) is 15.3. The van der Waals surface area contributed by atoms with Gasteiger partial charge in [0.15, 0.2) is 0 Å². The van der Waals surface area contributed by atoms with Gasteiger partial charge in [-0.05, 0) is 17.7 Å². The maximum Gasteiger partial charge on any atom is 0.228 e. The lowest BCUT2D eigenvalue weighted by atomic mass is 10.1. The Bertz CT molecular complexity index is 639. The standard InChI is InChI=1S/C14H12Cl2FN3O/c15-12-11(9-2-1-3-10(17)8-9)13(16)19-14(18-12)20-4-6-21-7-5-20/h1-3,8H,4-7H2. The van der Waals surface area contributed by atoms with Crippen LogP contribution in [0, 0.1) is 5.82 Å². The first-order valence-corrected chi connectivity index (χ1v) is 7.22. The van der Waals surface area contributed by atoms with Gasteiger partial charge >= 0.3 is 0 Å². The van der Waals surface area contributed by atoms with E-state index in [9.17, 15) is 4.39 Å². The first kappa shape index (κ1) is 14.5. The number of nitrogens with zero attached hydrogens (tertiary/aromatic N) is 3. The Morgan fingerprint density at radius 3 is 2.38 bits per heavy atom. The van der Waals surface area contributed by atoms with Crippen LogP contribution in [0.3, 0.4) is 0 Å². The molecule has 0 saturated carbocycles. The summed E-state index contributed by atoms with van der Waals surface area (Å²) in [6.07, 6.45) is 0. The highest BCUT2D eigenvalue weighted by molar-refractivity contribution is 6.37. The summed E-state index contributed by atoms with van der Waals surface area (Å²) in [5.41, 5.74) is 0.994. The Morgan fingerprint density at radius 1 is 1.10 bits per heavy atom. The quantitative estimate of drug-likeness (QED) is 0.792. The van der Waals surface area contributed by atoms with Crippen molar-refractivity contribution in [2.24, 2.45) is 0 Å². The molecule has 0 unspecified atom stereocenters. The van der Waals surface area contributed by atoms with Crippen molar-refractivity contribution in [1.29, 1.82) is 0 Å². The SMILES string of the molecule is Fc1cccc(-c2c(Cl)nc(N3CCOCC3)nc2Cl)c1. The third kappa shape index (κ3) is 3.10. The summed E-state index contributed by atoms with van der Waals surface area (Å²) in [4.78, 5) is 10.5. The Kier molecular flexibility index (Phi) is 4.24. The molecule has 1 fully saturated rings. The first-order chi connectivity index (χ1) is 10.1. The average molecular weight is 328 g/mol. The predicted octanol–water partition coefficient (Wildman–Crippen LogP) is 3.43. The summed E-state index contributed by atoms with van der Waals surface area (Å²) in [6.45, 7) is 2.60. The number of anilines is 1. The van der Waals surface area contributed by atoms with E-state index in [4.69, 9.17) is 27.9 Å². The van der Waals surface area contributed by atoms with Crippen LogP contribution in [0.5, 0.6) is 0 Å². The molecule has 0 radical (unpaired) electrons. The molecule has 2 aromatic rings. The van der Waals surface area contributed by atoms with E-state index in [-0.39, 0.29) is 16.1 Å². The Labute approximate surface area is 131 Å². The van der Waals surface area contributed by atoms with E-state index >= 15 is 0 Å². The van der Waals surface area contributed by atoms with Gasteiger partial charge in [0.2, 0.25) is 5.95 Å². The van der Waals surface area contributed by atoms with E-state index in [2.05, 4.69) is 9.97 Å². The van der Waals surface area contributed by atoms with Crippen molar-refractivity contribution in [2.75, 3.05) is 31.2 Å². The Balaban J connectivity index is 2.00. The molecule has 0 bridgehead atoms. The molecule has 1 saturated heterocycles. The fourth-order valence-corrected chi connectivity index (χ4v) is 2.78. The van der Waals surface area contributed by atoms with Crippen LogP contribution in [0.25, 0.3) is 11.1 Å². The molecular formula is C14H12Cl2FN3O. The van der Waals surface area contributed by atoms with Crippen molar-refractivity contribution >= 4 is 29.2 Å². The number of aromatic nitrogens is 2. The van der Waals surface area contributed by atoms with Gasteiger partial charge < -0.3 is 9.64 Å². The maximum atomic E-state index is 13.3. The molecule has 1 aromatic carbocycles. The molecule has 2 heterocycles. The summed E-state index contributed by atoms with van der Waals surface area (Å²) in [6, 6.07) is 6.01. The lowest BCUT2D eigenvalue weighted by Crippen LogP contribution is -2.37. The van der Waals surface area contributed by atoms with E-state index in [0.717, 1.165) is 0 Å². The van der Waals surface area contributed by atoms with Crippen LogP contribution < -0.4 is 4.90 Å². The molecule has 4 nitrogen and oxygen atoms in total. The number of morpholine rings is 1. The minimum absolute atomic E-state index is 0.210. The van der Waals surface area contributed by atoms with Crippen LogP contribution >= 0.6 is 23.2 Å². The maximum absolute atomic E-state index is 13.3. The van der Waals surface area contributed by atoms with Crippen molar-refractivity contribution in [2.45, 2.75) is 0 Å². The molecular weight excluding hydrogens is 316 g/mol. The predicted molar refractivity (Wildman–Crippen MR) is 80.5 cm³/mol. The molecule has 1 aliphatic rings. The highest BCUT2D eigenvalue weighted by Crippen LogP contribution is 2.34. The largest absolute Gasteiger partial charge is 0.378 e. The van der Waals surface area contributed by atoms with Crippen molar-refractivity contribution in [3.05, 3.63) is 40.4 Å². The Morgan fingerprint density at radius 2 is 1.76 bits per heavy atom. The topological polar surface area (TPSA) is 38.2 Å². The van der Waals surface area contributed by atoms with E-state index in [1.54, 1.807) is 12.1 Å². The third-order valence-electron chi connectivity index (χ3n) is 3.22. The number of ether oxygens (including phenoxy) is 1. The van der Waals surface area contributed by atoms with Gasteiger partial charge in [-0.3, -0.25) is 0 Å². The molecule has 3 rings (SSSR count). The lowest BCUT2D eigenvalue weighted by Gasteiger charge is -2.27. The minimum atomic E-state index is -0.364. The van der Waals surface area contributed by atoms with Gasteiger partial charge in [0.1, 0.15) is 16.1 Å². The van der Waals surface area contributed by atoms with Crippen molar-refractivity contribution in [3.8, 4) is 11.1 Å². The molecule has 1 aliphatic heterocycles. The molecule has 0 spiro atoms. The van der Waals surface area contributed by atoms with E-state index < -0.39 is 0 Å². The minimum Gasteiger partial charge on any atom is -0.378 e. The third-order valence-corrected chi connectivity index (χ3v) is 3.76. The van der Waals surface area contributed by atoms with E-state index in [1.165, 1.54) is 12.1 Å². The highest BCUT2D eigenvalue weighted by Gasteiger charge is 2.19. The van der Waals surface area contributed by atoms with Gasteiger partial charge in [0.25, 0.3) is 0 Å². The van der Waals surface area contributed by atoms with E-state index in [0.29, 0.717) is 43.4 Å². The van der Waals surface area contributed by atoms with Crippen LogP contribution in [0.4, 0.5) is 10.3 Å². The summed E-state index contributed by atoms with van der Waals surface area (Å²) < 4.78 is 18.6. The van der Waals surface area contributed by atoms with Gasteiger partial charge in [-0.2, -0.15) is 0 Å². The smallest absolute Gasteiger partial charge is 0.228 e. The monoisotopic (exact) mass is 327 g/mol. The second-order valence-corrected chi connectivity index (χ2v) is 5.31. The zero-order valence-electron chi connectivity index (χ0n) is 11.0. The average Bonchev–Trinajstić information content (AvgIpc) is 2.47. The summed E-state index contributed by atoms with van der Waals surface area (Å²) in [7, 11) is 0. The molecule has 0 N–H and O–H groups in total. The first-order valence-electron chi connectivity index (χ1n) is 6.47. The molecule has 21 heavy (non-hydrogen) atoms. The molecule has 7 heteroatoms. The van der Waals surface area contributed by atoms with Crippen molar-refractivity contribution in [3.63, 3.8) is 0 Å². The number of hydrogen-bond donors (Lipinski definition) is 0. The fourth-order valence-electron chi connectivity index (χ4n) is 2.18. The van der Waals surface area contributed by atoms with Crippen LogP contribution in [-0.2, 0) is 4.74 Å². The summed E-state index contributed by atoms with van der Waals surface area (Å²) >= 11 is 12.4. The fraction of sp³-hybridized carbons (Fsp3) is 0.286. The zero-order chi connectivity index (χ0) is 14.8. The molecule has 1 aromatic heterocycles. The lowest BCUT2D eigenvalue weighted by molar-refractivity contribution is 0.122. The van der Waals surface area contributed by atoms with Crippen LogP contribution in [0.15, 0.2) is 24.3 Å². The van der Waals surface area contributed by atoms with Gasteiger partial charge in [0, 0.05) is 13.1 Å². The van der Waals surface area contributed by atoms with Crippen molar-refractivity contribution < 1.29 is 9.13 Å². The van der Waals surface area contributed by atoms with Crippen LogP contribution in [0.2, 0.25) is 10.3 Å². The molecule has 0 aliphatic carbocycles. The van der Waals surface area contributed by atoms with Crippen LogP contribution in [0.1, 0.15) is 0 Å². The molecule has 0 amide bonds. The second-order valence-electron chi connectivity index (χ2n) is 4.59. The van der Waals surface area contributed by atoms with Gasteiger partial charge in [-0.15, -0.1) is 0 Å². The highest BCUT2D eigenvalue weighted by atomic mass is 35.5. The van der Waals surface area contributed by atoms with Gasteiger partial charge in [0.05, 0.1) is 18.8 Å². The number of rotatable bonds is 2. The van der Waals surface area contributed by atoms with Gasteiger partial charge in [-0.25, -0.2) is 14.4 Å².